The first-order valence-corrected chi connectivity index (χ1v) is 27.5. The van der Waals surface area contributed by atoms with Crippen molar-refractivity contribution in [3.63, 3.8) is 0 Å². The van der Waals surface area contributed by atoms with E-state index in [2.05, 4.69) is 38.2 Å². The third-order valence-electron chi connectivity index (χ3n) is 12.0. The Morgan fingerprint density at radius 3 is 1.00 bits per heavy atom. The monoisotopic (exact) mass is 925 g/mol. The predicted molar refractivity (Wildman–Crippen MR) is 260 cm³/mol. The molecule has 1 rings (SSSR count). The largest absolute Gasteiger partial charge is 1.00 e. The minimum Gasteiger partial charge on any atom is -0.744 e. The quantitative estimate of drug-likeness (QED) is 0.0211. The summed E-state index contributed by atoms with van der Waals surface area (Å²) >= 11 is 0. The molecule has 0 aliphatic carbocycles. The second-order valence-corrected chi connectivity index (χ2v) is 19.2. The number of benzene rings is 1. The molecular weight excluding hydrogens is 832 g/mol. The van der Waals surface area contributed by atoms with E-state index < -0.39 is 27.0 Å². The van der Waals surface area contributed by atoms with Crippen molar-refractivity contribution in [2.45, 2.75) is 263 Å². The summed E-state index contributed by atoms with van der Waals surface area (Å²) in [5.74, 6) is -1.60. The van der Waals surface area contributed by atoms with E-state index >= 15 is 0 Å². The van der Waals surface area contributed by atoms with Crippen LogP contribution in [0.25, 0.3) is 0 Å². The van der Waals surface area contributed by atoms with Crippen molar-refractivity contribution >= 4 is 22.1 Å². The van der Waals surface area contributed by atoms with Gasteiger partial charge in [0.15, 0.2) is 0 Å². The van der Waals surface area contributed by atoms with E-state index in [1.54, 1.807) is 0 Å². The van der Waals surface area contributed by atoms with Crippen LogP contribution in [0.1, 0.15) is 279 Å². The Hall–Kier alpha value is -0.814. The van der Waals surface area contributed by atoms with Crippen LogP contribution in [0, 0.1) is 0 Å². The van der Waals surface area contributed by atoms with Crippen LogP contribution >= 0.6 is 0 Å². The smallest absolute Gasteiger partial charge is 0.744 e. The minimum absolute atomic E-state index is 0. The van der Waals surface area contributed by atoms with E-state index in [-0.39, 0.29) is 75.7 Å². The van der Waals surface area contributed by atoms with Crippen LogP contribution in [0.5, 0.6) is 0 Å². The Labute approximate surface area is 431 Å². The molecule has 0 bridgehead atoms. The average Bonchev–Trinajstić information content (AvgIpc) is 3.26. The summed E-state index contributed by atoms with van der Waals surface area (Å²) in [6.45, 7) is 4.81. The van der Waals surface area contributed by atoms with Gasteiger partial charge in [-0.15, -0.1) is 0 Å². The molecule has 7 nitrogen and oxygen atoms in total. The van der Waals surface area contributed by atoms with E-state index in [0.717, 1.165) is 43.9 Å². The van der Waals surface area contributed by atoms with Crippen molar-refractivity contribution in [3.8, 4) is 0 Å². The number of unbranched alkanes of at least 4 members (excludes halogenated alkanes) is 34. The van der Waals surface area contributed by atoms with Crippen molar-refractivity contribution < 1.29 is 83.4 Å². The van der Waals surface area contributed by atoms with Gasteiger partial charge in [-0.2, -0.15) is 0 Å². The van der Waals surface area contributed by atoms with Gasteiger partial charge in [0.05, 0.1) is 29.2 Å². The number of allylic oxidation sites excluding steroid dienone is 4. The molecule has 0 aliphatic rings. The topological polar surface area (TPSA) is 110 Å². The van der Waals surface area contributed by atoms with Gasteiger partial charge in [0, 0.05) is 0 Å². The van der Waals surface area contributed by atoms with Crippen LogP contribution in [0.15, 0.2) is 47.4 Å². The molecule has 0 radical (unpaired) electrons. The fourth-order valence-electron chi connectivity index (χ4n) is 8.01. The summed E-state index contributed by atoms with van der Waals surface area (Å²) in [4.78, 5) is 25.3. The van der Waals surface area contributed by atoms with Crippen molar-refractivity contribution in [2.75, 3.05) is 13.2 Å². The molecule has 358 valence electrons. The third kappa shape index (κ3) is 38.9. The van der Waals surface area contributed by atoms with Gasteiger partial charge in [0.2, 0.25) is 0 Å². The zero-order valence-electron chi connectivity index (χ0n) is 41.1. The second-order valence-electron chi connectivity index (χ2n) is 17.8. The molecule has 0 saturated carbocycles. The van der Waals surface area contributed by atoms with Gasteiger partial charge in [0.25, 0.3) is 0 Å². The predicted octanol–water partition coefficient (Wildman–Crippen LogP) is 13.9. The fourth-order valence-corrected chi connectivity index (χ4v) is 8.50. The van der Waals surface area contributed by atoms with Gasteiger partial charge in [-0.25, -0.2) is 18.0 Å². The fraction of sp³-hybridized carbons (Fsp3) is 0.778. The zero-order chi connectivity index (χ0) is 45.0. The van der Waals surface area contributed by atoms with Crippen LogP contribution < -0.4 is 51.4 Å². The van der Waals surface area contributed by atoms with Crippen LogP contribution in [0.4, 0.5) is 0 Å². The maximum Gasteiger partial charge on any atom is 1.00 e. The molecule has 0 atom stereocenters. The first-order chi connectivity index (χ1) is 30.3. The molecule has 0 heterocycles. The first kappa shape index (κ1) is 62.2. The molecule has 0 fully saturated rings. The minimum atomic E-state index is -4.83. The number of hydrogen-bond acceptors (Lipinski definition) is 7. The molecule has 0 saturated heterocycles. The van der Waals surface area contributed by atoms with E-state index in [9.17, 15) is 22.6 Å². The normalized spacial score (nSPS) is 11.7. The summed E-state index contributed by atoms with van der Waals surface area (Å²) in [6, 6.07) is 3.10. The van der Waals surface area contributed by atoms with Crippen LogP contribution in [0.2, 0.25) is 0 Å². The Kier molecular flexibility index (Phi) is 45.7. The van der Waals surface area contributed by atoms with Crippen molar-refractivity contribution in [1.29, 1.82) is 0 Å². The summed E-state index contributed by atoms with van der Waals surface area (Å²) in [5.41, 5.74) is -0.384. The molecule has 9 heteroatoms. The molecule has 0 N–H and O–H groups in total. The second kappa shape index (κ2) is 46.3. The van der Waals surface area contributed by atoms with E-state index in [1.165, 1.54) is 205 Å². The van der Waals surface area contributed by atoms with Crippen molar-refractivity contribution in [1.82, 2.24) is 0 Å². The molecule has 0 spiro atoms. The Morgan fingerprint density at radius 1 is 0.429 bits per heavy atom. The van der Waals surface area contributed by atoms with E-state index in [0.29, 0.717) is 12.8 Å². The molecule has 0 unspecified atom stereocenters. The number of esters is 2. The average molecular weight is 925 g/mol. The molecule has 0 amide bonds. The molecule has 63 heavy (non-hydrogen) atoms. The van der Waals surface area contributed by atoms with Crippen molar-refractivity contribution in [3.05, 3.63) is 53.6 Å². The van der Waals surface area contributed by atoms with Gasteiger partial charge < -0.3 is 14.0 Å². The number of hydrogen-bond donors (Lipinski definition) is 0. The third-order valence-corrected chi connectivity index (χ3v) is 12.8. The van der Waals surface area contributed by atoms with Gasteiger partial charge in [-0.1, -0.05) is 231 Å². The molecule has 1 aromatic rings. The molecular formula is C54H93KO7S. The van der Waals surface area contributed by atoms with Crippen LogP contribution in [-0.2, 0) is 19.6 Å². The summed E-state index contributed by atoms with van der Waals surface area (Å²) in [5, 5.41) is 0. The van der Waals surface area contributed by atoms with E-state index in [1.807, 2.05) is 0 Å². The number of carbonyl (C=O) groups is 2. The standard InChI is InChI=1S/C54H94O7S.K/c1-3-5-7-9-11-13-15-17-19-21-23-25-27-29-31-33-35-37-39-41-43-47-60-53(55)51-46-45-50(62(57,58)59)49-52(51)54(56)61-48-44-42-40-38-36-34-32-30-28-26-24-22-20-18-16-14-12-10-8-6-4-2;/h37-40,45-46,49H,3-36,41-44,47-48H2,1-2H3,(H,57,58,59);/q;+1/p-1/b39-37+,40-38+;. The number of carbonyl (C=O) groups excluding carboxylic acids is 2. The Morgan fingerprint density at radius 2 is 0.698 bits per heavy atom. The van der Waals surface area contributed by atoms with Crippen LogP contribution in [-0.4, -0.2) is 38.1 Å². The maximum atomic E-state index is 13.0. The van der Waals surface area contributed by atoms with Crippen LogP contribution in [0.3, 0.4) is 0 Å². The maximum absolute atomic E-state index is 13.0. The summed E-state index contributed by atoms with van der Waals surface area (Å²) in [7, 11) is -4.83. The Bertz CT molecular complexity index is 1380. The summed E-state index contributed by atoms with van der Waals surface area (Å²) in [6.07, 6.45) is 57.0. The first-order valence-electron chi connectivity index (χ1n) is 26.0. The SMILES string of the molecule is CCCCCCCCCCCCCCCCCC/C=C/CCCOC(=O)c1ccc(S(=O)(=O)[O-])cc1C(=O)OCCC/C=C/CCCCCCCCCCCCCCCCCC.[K+]. The van der Waals surface area contributed by atoms with Gasteiger partial charge >= 0.3 is 63.3 Å². The van der Waals surface area contributed by atoms with E-state index in [4.69, 9.17) is 9.47 Å². The van der Waals surface area contributed by atoms with Gasteiger partial charge in [0.1, 0.15) is 10.1 Å². The Balaban J connectivity index is 0.0000384. The van der Waals surface area contributed by atoms with Crippen molar-refractivity contribution in [2.24, 2.45) is 0 Å². The number of rotatable bonds is 45. The molecule has 0 aliphatic heterocycles. The number of ether oxygens (including phenoxy) is 2. The summed E-state index contributed by atoms with van der Waals surface area (Å²) < 4.78 is 45.9. The molecule has 1 aromatic carbocycles. The van der Waals surface area contributed by atoms with Gasteiger partial charge in [-0.3, -0.25) is 0 Å². The molecule has 0 aromatic heterocycles. The zero-order valence-corrected chi connectivity index (χ0v) is 45.0. The van der Waals surface area contributed by atoms with Gasteiger partial charge in [-0.05, 0) is 69.6 Å².